The molecule has 1 saturated carbocycles. The fourth-order valence-corrected chi connectivity index (χ4v) is 3.26. The van der Waals surface area contributed by atoms with E-state index in [1.165, 1.54) is 12.8 Å². The lowest BCUT2D eigenvalue weighted by Gasteiger charge is -2.37. The molecule has 3 nitrogen and oxygen atoms in total. The second kappa shape index (κ2) is 6.02. The van der Waals surface area contributed by atoms with Crippen LogP contribution in [0.2, 0.25) is 5.02 Å². The fraction of sp³-hybridized carbons (Fsp3) is 0.571. The van der Waals surface area contributed by atoms with E-state index in [9.17, 15) is 0 Å². The van der Waals surface area contributed by atoms with Gasteiger partial charge in [0.05, 0.1) is 11.6 Å². The lowest BCUT2D eigenvalue weighted by molar-refractivity contribution is -0.0627. The summed E-state index contributed by atoms with van der Waals surface area (Å²) < 4.78 is 6.05. The van der Waals surface area contributed by atoms with Crippen molar-refractivity contribution < 1.29 is 4.74 Å². The third kappa shape index (κ3) is 2.54. The van der Waals surface area contributed by atoms with E-state index in [0.29, 0.717) is 6.61 Å². The minimum Gasteiger partial charge on any atom is -0.373 e. The molecule has 1 aromatic carbocycles. The van der Waals surface area contributed by atoms with Crippen LogP contribution in [0, 0.1) is 0 Å². The van der Waals surface area contributed by atoms with Crippen molar-refractivity contribution in [2.45, 2.75) is 44.2 Å². The van der Waals surface area contributed by atoms with Crippen molar-refractivity contribution in [2.75, 3.05) is 6.61 Å². The molecule has 0 aliphatic heterocycles. The van der Waals surface area contributed by atoms with E-state index < -0.39 is 0 Å². The van der Waals surface area contributed by atoms with Crippen molar-refractivity contribution in [1.29, 1.82) is 0 Å². The lowest BCUT2D eigenvalue weighted by Crippen LogP contribution is -2.47. The molecule has 0 amide bonds. The number of nitrogens with two attached hydrogens (primary N) is 1. The number of ether oxygens (including phenoxy) is 1. The van der Waals surface area contributed by atoms with E-state index in [-0.39, 0.29) is 11.6 Å². The number of halogens is 1. The number of hydrazine groups is 1. The van der Waals surface area contributed by atoms with E-state index in [1.807, 2.05) is 31.2 Å². The Labute approximate surface area is 114 Å². The van der Waals surface area contributed by atoms with E-state index >= 15 is 0 Å². The zero-order valence-corrected chi connectivity index (χ0v) is 11.5. The van der Waals surface area contributed by atoms with Gasteiger partial charge in [-0.1, -0.05) is 42.6 Å². The van der Waals surface area contributed by atoms with Gasteiger partial charge in [0.15, 0.2) is 0 Å². The van der Waals surface area contributed by atoms with E-state index in [1.54, 1.807) is 0 Å². The fourth-order valence-electron chi connectivity index (χ4n) is 3.01. The normalized spacial score (nSPS) is 19.9. The summed E-state index contributed by atoms with van der Waals surface area (Å²) in [6, 6.07) is 7.79. The summed E-state index contributed by atoms with van der Waals surface area (Å²) in [6.45, 7) is 2.73. The van der Waals surface area contributed by atoms with Crippen molar-refractivity contribution in [3.05, 3.63) is 34.9 Å². The molecular formula is C14H21ClN2O. The summed E-state index contributed by atoms with van der Waals surface area (Å²) >= 11 is 6.29. The Hall–Kier alpha value is -0.610. The summed E-state index contributed by atoms with van der Waals surface area (Å²) in [5, 5.41) is 0.742. The molecule has 2 rings (SSSR count). The van der Waals surface area contributed by atoms with E-state index in [0.717, 1.165) is 23.4 Å². The first-order valence-electron chi connectivity index (χ1n) is 6.58. The predicted molar refractivity (Wildman–Crippen MR) is 74.3 cm³/mol. The standard InChI is InChI=1S/C14H21ClN2O/c1-2-18-14(9-5-6-10-14)13(17-16)11-7-3-4-8-12(11)15/h3-4,7-8,13,17H,2,5-6,9-10,16H2,1H3. The molecule has 0 saturated heterocycles. The zero-order valence-electron chi connectivity index (χ0n) is 10.8. The summed E-state index contributed by atoms with van der Waals surface area (Å²) in [4.78, 5) is 0. The Morgan fingerprint density at radius 2 is 2.06 bits per heavy atom. The van der Waals surface area contributed by atoms with Gasteiger partial charge in [0.25, 0.3) is 0 Å². The highest BCUT2D eigenvalue weighted by molar-refractivity contribution is 6.31. The van der Waals surface area contributed by atoms with Crippen LogP contribution in [0.3, 0.4) is 0 Å². The van der Waals surface area contributed by atoms with Crippen LogP contribution in [-0.4, -0.2) is 12.2 Å². The highest BCUT2D eigenvalue weighted by Gasteiger charge is 2.43. The molecule has 18 heavy (non-hydrogen) atoms. The molecule has 4 heteroatoms. The minimum atomic E-state index is -0.214. The molecule has 0 bridgehead atoms. The van der Waals surface area contributed by atoms with E-state index in [4.69, 9.17) is 22.2 Å². The van der Waals surface area contributed by atoms with Gasteiger partial charge < -0.3 is 4.74 Å². The molecule has 1 fully saturated rings. The molecule has 1 atom stereocenters. The lowest BCUT2D eigenvalue weighted by atomic mass is 9.87. The highest BCUT2D eigenvalue weighted by Crippen LogP contribution is 2.44. The zero-order chi connectivity index (χ0) is 13.0. The molecule has 1 unspecified atom stereocenters. The van der Waals surface area contributed by atoms with Gasteiger partial charge in [-0.2, -0.15) is 0 Å². The summed E-state index contributed by atoms with van der Waals surface area (Å²) in [6.07, 6.45) is 4.42. The first kappa shape index (κ1) is 13.8. The number of nitrogens with one attached hydrogen (secondary N) is 1. The smallest absolute Gasteiger partial charge is 0.0889 e. The molecule has 1 aromatic rings. The third-order valence-corrected chi connectivity index (χ3v) is 4.13. The molecule has 0 heterocycles. The van der Waals surface area contributed by atoms with Gasteiger partial charge in [-0.25, -0.2) is 0 Å². The highest BCUT2D eigenvalue weighted by atomic mass is 35.5. The average Bonchev–Trinajstić information content (AvgIpc) is 2.82. The number of hydrogen-bond acceptors (Lipinski definition) is 3. The van der Waals surface area contributed by atoms with Gasteiger partial charge in [0.1, 0.15) is 0 Å². The molecule has 0 radical (unpaired) electrons. The quantitative estimate of drug-likeness (QED) is 0.637. The Bertz CT molecular complexity index is 391. The van der Waals surface area contributed by atoms with Crippen LogP contribution in [0.25, 0.3) is 0 Å². The van der Waals surface area contributed by atoms with Crippen molar-refractivity contribution in [3.8, 4) is 0 Å². The van der Waals surface area contributed by atoms with Gasteiger partial charge >= 0.3 is 0 Å². The maximum atomic E-state index is 6.29. The van der Waals surface area contributed by atoms with Crippen molar-refractivity contribution in [1.82, 2.24) is 5.43 Å². The van der Waals surface area contributed by atoms with Crippen molar-refractivity contribution >= 4 is 11.6 Å². The summed E-state index contributed by atoms with van der Waals surface area (Å²) in [5.74, 6) is 5.78. The van der Waals surface area contributed by atoms with Gasteiger partial charge in [-0.15, -0.1) is 0 Å². The van der Waals surface area contributed by atoms with Gasteiger partial charge in [-0.05, 0) is 31.4 Å². The maximum absolute atomic E-state index is 6.29. The van der Waals surface area contributed by atoms with Crippen LogP contribution < -0.4 is 11.3 Å². The molecule has 100 valence electrons. The number of hydrogen-bond donors (Lipinski definition) is 2. The molecule has 0 aromatic heterocycles. The first-order chi connectivity index (χ1) is 8.73. The largest absolute Gasteiger partial charge is 0.373 e. The summed E-state index contributed by atoms with van der Waals surface area (Å²) in [5.41, 5.74) is 3.73. The average molecular weight is 269 g/mol. The van der Waals surface area contributed by atoms with Gasteiger partial charge in [0, 0.05) is 11.6 Å². The second-order valence-electron chi connectivity index (χ2n) is 4.83. The SMILES string of the molecule is CCOC1(C(NN)c2ccccc2Cl)CCCC1. The Balaban J connectivity index is 2.34. The molecule has 0 spiro atoms. The van der Waals surface area contributed by atoms with Crippen LogP contribution in [-0.2, 0) is 4.74 Å². The Morgan fingerprint density at radius 1 is 1.39 bits per heavy atom. The molecule has 3 N–H and O–H groups in total. The van der Waals surface area contributed by atoms with Crippen LogP contribution in [0.15, 0.2) is 24.3 Å². The van der Waals surface area contributed by atoms with Crippen LogP contribution in [0.1, 0.15) is 44.2 Å². The maximum Gasteiger partial charge on any atom is 0.0889 e. The van der Waals surface area contributed by atoms with Crippen molar-refractivity contribution in [2.24, 2.45) is 5.84 Å². The number of benzene rings is 1. The predicted octanol–water partition coefficient (Wildman–Crippen LogP) is 3.19. The van der Waals surface area contributed by atoms with Crippen molar-refractivity contribution in [3.63, 3.8) is 0 Å². The molecule has 1 aliphatic rings. The van der Waals surface area contributed by atoms with Gasteiger partial charge in [0.2, 0.25) is 0 Å². The topological polar surface area (TPSA) is 47.3 Å². The second-order valence-corrected chi connectivity index (χ2v) is 5.23. The van der Waals surface area contributed by atoms with E-state index in [2.05, 4.69) is 5.43 Å². The Morgan fingerprint density at radius 3 is 2.61 bits per heavy atom. The van der Waals surface area contributed by atoms with Gasteiger partial charge in [-0.3, -0.25) is 11.3 Å². The molecule has 1 aliphatic carbocycles. The third-order valence-electron chi connectivity index (χ3n) is 3.79. The number of rotatable bonds is 5. The minimum absolute atomic E-state index is 0.0475. The molecular weight excluding hydrogens is 248 g/mol. The summed E-state index contributed by atoms with van der Waals surface area (Å²) in [7, 11) is 0. The Kier molecular flexibility index (Phi) is 4.62. The first-order valence-corrected chi connectivity index (χ1v) is 6.96. The van der Waals surface area contributed by atoms with Crippen LogP contribution in [0.4, 0.5) is 0 Å². The van der Waals surface area contributed by atoms with Crippen LogP contribution in [0.5, 0.6) is 0 Å². The monoisotopic (exact) mass is 268 g/mol. The van der Waals surface area contributed by atoms with Crippen LogP contribution >= 0.6 is 11.6 Å².